The van der Waals surface area contributed by atoms with Crippen molar-refractivity contribution in [2.24, 2.45) is 11.5 Å². The first kappa shape index (κ1) is 16.6. The van der Waals surface area contributed by atoms with Crippen LogP contribution < -0.4 is 22.1 Å². The Morgan fingerprint density at radius 3 is 2.37 bits per heavy atom. The molecule has 0 radical (unpaired) electrons. The van der Waals surface area contributed by atoms with Gasteiger partial charge in [0.05, 0.1) is 12.4 Å². The fourth-order valence-corrected chi connectivity index (χ4v) is 1.01. The summed E-state index contributed by atoms with van der Waals surface area (Å²) in [6.07, 6.45) is 4.69. The van der Waals surface area contributed by atoms with Crippen LogP contribution in [-0.4, -0.2) is 31.7 Å². The average Bonchev–Trinajstić information content (AvgIpc) is 2.36. The Labute approximate surface area is 112 Å². The van der Waals surface area contributed by atoms with Crippen molar-refractivity contribution in [2.45, 2.75) is 6.92 Å². The molecule has 0 aliphatic carbocycles. The summed E-state index contributed by atoms with van der Waals surface area (Å²) in [5.74, 6) is -0.331. The van der Waals surface area contributed by atoms with Gasteiger partial charge in [-0.2, -0.15) is 0 Å². The highest BCUT2D eigenvalue weighted by atomic mass is 16.5. The molecule has 0 bridgehead atoms. The average molecular weight is 268 g/mol. The van der Waals surface area contributed by atoms with Gasteiger partial charge in [-0.1, -0.05) is 18.7 Å². The lowest BCUT2D eigenvalue weighted by Crippen LogP contribution is -2.39. The number of rotatable bonds is 7. The van der Waals surface area contributed by atoms with Crippen LogP contribution in [0.4, 0.5) is 4.79 Å². The maximum Gasteiger partial charge on any atom is 0.325 e. The van der Waals surface area contributed by atoms with Crippen molar-refractivity contribution in [3.63, 3.8) is 0 Å². The second-order valence-corrected chi connectivity index (χ2v) is 3.45. The van der Waals surface area contributed by atoms with E-state index in [0.717, 1.165) is 5.57 Å². The molecule has 6 N–H and O–H groups in total. The second-order valence-electron chi connectivity index (χ2n) is 3.45. The van der Waals surface area contributed by atoms with Gasteiger partial charge in [0.1, 0.15) is 6.54 Å². The molecule has 0 saturated carbocycles. The third-order valence-electron chi connectivity index (χ3n) is 1.90. The summed E-state index contributed by atoms with van der Waals surface area (Å²) >= 11 is 0. The standard InChI is InChI=1S/C12H20N4O3/c1-3-9(5-6-10(13)14)7-15-12(18)16-8-11(17)19-4-2/h3,5-6H,1,4,7-8,13-14H2,2H3,(H2,15,16,18)/b9-5+. The van der Waals surface area contributed by atoms with Crippen LogP contribution in [0, 0.1) is 0 Å². The maximum atomic E-state index is 11.4. The Morgan fingerprint density at radius 1 is 1.21 bits per heavy atom. The fraction of sp³-hybridized carbons (Fsp3) is 0.333. The van der Waals surface area contributed by atoms with E-state index in [1.165, 1.54) is 6.08 Å². The monoisotopic (exact) mass is 268 g/mol. The normalized spacial score (nSPS) is 10.3. The molecular formula is C12H20N4O3. The van der Waals surface area contributed by atoms with E-state index in [-0.39, 0.29) is 25.5 Å². The van der Waals surface area contributed by atoms with E-state index in [2.05, 4.69) is 21.9 Å². The zero-order valence-corrected chi connectivity index (χ0v) is 10.9. The first-order valence-electron chi connectivity index (χ1n) is 5.71. The predicted octanol–water partition coefficient (Wildman–Crippen LogP) is -0.280. The number of urea groups is 1. The number of nitrogens with one attached hydrogen (secondary N) is 2. The van der Waals surface area contributed by atoms with Gasteiger partial charge in [-0.3, -0.25) is 4.79 Å². The van der Waals surface area contributed by atoms with E-state index in [1.807, 2.05) is 0 Å². The van der Waals surface area contributed by atoms with Gasteiger partial charge in [-0.25, -0.2) is 4.79 Å². The molecule has 0 aliphatic heterocycles. The van der Waals surface area contributed by atoms with Crippen molar-refractivity contribution in [1.82, 2.24) is 10.6 Å². The van der Waals surface area contributed by atoms with Crippen LogP contribution in [0.5, 0.6) is 0 Å². The van der Waals surface area contributed by atoms with Gasteiger partial charge >= 0.3 is 12.0 Å². The van der Waals surface area contributed by atoms with Crippen molar-refractivity contribution in [2.75, 3.05) is 19.7 Å². The lowest BCUT2D eigenvalue weighted by atomic mass is 10.2. The largest absolute Gasteiger partial charge is 0.465 e. The number of amides is 2. The Kier molecular flexibility index (Phi) is 8.35. The topological polar surface area (TPSA) is 119 Å². The van der Waals surface area contributed by atoms with Crippen LogP contribution in [-0.2, 0) is 9.53 Å². The molecule has 7 nitrogen and oxygen atoms in total. The molecule has 19 heavy (non-hydrogen) atoms. The zero-order valence-electron chi connectivity index (χ0n) is 10.9. The van der Waals surface area contributed by atoms with Crippen molar-refractivity contribution in [3.05, 3.63) is 36.2 Å². The minimum Gasteiger partial charge on any atom is -0.465 e. The molecule has 0 aliphatic rings. The molecule has 0 atom stereocenters. The summed E-state index contributed by atoms with van der Waals surface area (Å²) in [5, 5.41) is 4.91. The maximum absolute atomic E-state index is 11.4. The van der Waals surface area contributed by atoms with Crippen molar-refractivity contribution < 1.29 is 14.3 Å². The third-order valence-corrected chi connectivity index (χ3v) is 1.90. The Hall–Kier alpha value is -2.44. The van der Waals surface area contributed by atoms with E-state index in [9.17, 15) is 9.59 Å². The van der Waals surface area contributed by atoms with Crippen LogP contribution in [0.25, 0.3) is 0 Å². The van der Waals surface area contributed by atoms with Gasteiger partial charge in [0.25, 0.3) is 0 Å². The summed E-state index contributed by atoms with van der Waals surface area (Å²) in [5.41, 5.74) is 11.3. The number of nitrogens with two attached hydrogens (primary N) is 2. The van der Waals surface area contributed by atoms with Gasteiger partial charge in [-0.05, 0) is 18.6 Å². The minimum atomic E-state index is -0.490. The van der Waals surface area contributed by atoms with E-state index in [1.54, 1.807) is 19.1 Å². The molecule has 0 aromatic heterocycles. The van der Waals surface area contributed by atoms with Crippen molar-refractivity contribution in [1.29, 1.82) is 0 Å². The molecule has 0 fully saturated rings. The quantitative estimate of drug-likeness (QED) is 0.374. The van der Waals surface area contributed by atoms with Crippen LogP contribution >= 0.6 is 0 Å². The van der Waals surface area contributed by atoms with Gasteiger partial charge in [0.2, 0.25) is 0 Å². The number of carbonyl (C=O) groups is 2. The molecule has 0 aromatic carbocycles. The summed E-state index contributed by atoms with van der Waals surface area (Å²) in [6.45, 7) is 5.62. The summed E-state index contributed by atoms with van der Waals surface area (Å²) in [4.78, 5) is 22.3. The van der Waals surface area contributed by atoms with E-state index in [4.69, 9.17) is 11.5 Å². The SMILES string of the molecule is C=C/C(=C\C=C(N)N)CNC(=O)NCC(=O)OCC. The zero-order chi connectivity index (χ0) is 14.7. The molecule has 106 valence electrons. The summed E-state index contributed by atoms with van der Waals surface area (Å²) in [7, 11) is 0. The number of allylic oxidation sites excluding steroid dienone is 2. The second kappa shape index (κ2) is 9.58. The van der Waals surface area contributed by atoms with Crippen molar-refractivity contribution in [3.8, 4) is 0 Å². The number of hydrogen-bond donors (Lipinski definition) is 4. The van der Waals surface area contributed by atoms with E-state index in [0.29, 0.717) is 0 Å². The van der Waals surface area contributed by atoms with Crippen LogP contribution in [0.3, 0.4) is 0 Å². The lowest BCUT2D eigenvalue weighted by molar-refractivity contribution is -0.141. The van der Waals surface area contributed by atoms with Gasteiger partial charge < -0.3 is 26.8 Å². The molecule has 0 spiro atoms. The Balaban J connectivity index is 4.07. The van der Waals surface area contributed by atoms with E-state index >= 15 is 0 Å². The van der Waals surface area contributed by atoms with Gasteiger partial charge in [0.15, 0.2) is 0 Å². The number of ether oxygens (including phenoxy) is 1. The number of carbonyl (C=O) groups excluding carboxylic acids is 2. The number of hydrogen-bond acceptors (Lipinski definition) is 5. The molecule has 0 saturated heterocycles. The highest BCUT2D eigenvalue weighted by Crippen LogP contribution is 1.94. The van der Waals surface area contributed by atoms with E-state index < -0.39 is 12.0 Å². The first-order chi connectivity index (χ1) is 8.99. The third kappa shape index (κ3) is 9.28. The minimum absolute atomic E-state index is 0.158. The molecule has 2 amide bonds. The molecular weight excluding hydrogens is 248 g/mol. The van der Waals surface area contributed by atoms with Gasteiger partial charge in [0, 0.05) is 6.54 Å². The van der Waals surface area contributed by atoms with Crippen LogP contribution in [0.1, 0.15) is 6.92 Å². The molecule has 0 unspecified atom stereocenters. The van der Waals surface area contributed by atoms with Crippen LogP contribution in [0.15, 0.2) is 36.2 Å². The fourth-order valence-electron chi connectivity index (χ4n) is 1.01. The van der Waals surface area contributed by atoms with Crippen molar-refractivity contribution >= 4 is 12.0 Å². The molecule has 0 aromatic rings. The molecule has 7 heteroatoms. The predicted molar refractivity (Wildman–Crippen MR) is 72.8 cm³/mol. The number of esters is 1. The molecule has 0 rings (SSSR count). The Morgan fingerprint density at radius 2 is 1.84 bits per heavy atom. The lowest BCUT2D eigenvalue weighted by Gasteiger charge is -2.07. The smallest absolute Gasteiger partial charge is 0.325 e. The summed E-state index contributed by atoms with van der Waals surface area (Å²) < 4.78 is 4.66. The first-order valence-corrected chi connectivity index (χ1v) is 5.71. The highest BCUT2D eigenvalue weighted by Gasteiger charge is 2.05. The molecule has 0 heterocycles. The summed E-state index contributed by atoms with van der Waals surface area (Å²) in [6, 6.07) is -0.481. The van der Waals surface area contributed by atoms with Crippen LogP contribution in [0.2, 0.25) is 0 Å². The highest BCUT2D eigenvalue weighted by molar-refractivity contribution is 5.80. The Bertz CT molecular complexity index is 384. The van der Waals surface area contributed by atoms with Gasteiger partial charge in [-0.15, -0.1) is 0 Å².